The van der Waals surface area contributed by atoms with Gasteiger partial charge in [-0.3, -0.25) is 0 Å². The van der Waals surface area contributed by atoms with E-state index in [9.17, 15) is 13.2 Å². The molecule has 7 heteroatoms. The van der Waals surface area contributed by atoms with E-state index in [1.165, 1.54) is 6.07 Å². The van der Waals surface area contributed by atoms with Crippen LogP contribution in [0.25, 0.3) is 0 Å². The highest BCUT2D eigenvalue weighted by molar-refractivity contribution is 9.10. The molecule has 0 unspecified atom stereocenters. The number of alkyl halides is 3. The predicted molar refractivity (Wildman–Crippen MR) is 56.0 cm³/mol. The molecule has 0 radical (unpaired) electrons. The molecule has 0 bridgehead atoms. The van der Waals surface area contributed by atoms with Gasteiger partial charge in [0.15, 0.2) is 0 Å². The largest absolute Gasteiger partial charge is 0.508 e. The highest BCUT2D eigenvalue weighted by atomic mass is 79.9. The van der Waals surface area contributed by atoms with Crippen LogP contribution in [0.2, 0.25) is 0 Å². The summed E-state index contributed by atoms with van der Waals surface area (Å²) in [6.45, 7) is 0. The molecule has 0 aliphatic rings. The molecule has 2 nitrogen and oxygen atoms in total. The Labute approximate surface area is 98.8 Å². The minimum absolute atomic E-state index is 0. The van der Waals surface area contributed by atoms with E-state index in [0.717, 1.165) is 12.1 Å². The highest BCUT2D eigenvalue weighted by Gasteiger charge is 2.39. The summed E-state index contributed by atoms with van der Waals surface area (Å²) in [4.78, 5) is 0. The van der Waals surface area contributed by atoms with Gasteiger partial charge in [-0.05, 0) is 18.2 Å². The Kier molecular flexibility index (Phi) is 4.89. The summed E-state index contributed by atoms with van der Waals surface area (Å²) in [5.74, 6) is -0.460. The Balaban J connectivity index is 0.00000196. The summed E-state index contributed by atoms with van der Waals surface area (Å²) >= 11 is 3.00. The maximum atomic E-state index is 12.2. The van der Waals surface area contributed by atoms with E-state index < -0.39 is 18.0 Å². The molecule has 0 aliphatic heterocycles. The lowest BCUT2D eigenvalue weighted by atomic mass is 10.1. The molecule has 0 aromatic heterocycles. The fourth-order valence-corrected chi connectivity index (χ4v) is 1.33. The Morgan fingerprint density at radius 3 is 2.33 bits per heavy atom. The van der Waals surface area contributed by atoms with E-state index in [-0.39, 0.29) is 18.0 Å². The second-order valence-electron chi connectivity index (χ2n) is 2.72. The first kappa shape index (κ1) is 14.5. The fourth-order valence-electron chi connectivity index (χ4n) is 0.951. The number of halogens is 5. The zero-order valence-electron chi connectivity index (χ0n) is 7.25. The molecule has 1 aromatic carbocycles. The van der Waals surface area contributed by atoms with Gasteiger partial charge < -0.3 is 10.8 Å². The molecule has 0 spiro atoms. The molecule has 0 aliphatic carbocycles. The van der Waals surface area contributed by atoms with Crippen molar-refractivity contribution < 1.29 is 18.3 Å². The van der Waals surface area contributed by atoms with E-state index in [4.69, 9.17) is 10.8 Å². The number of phenolic OH excluding ortho intramolecular Hbond substituents is 1. The van der Waals surface area contributed by atoms with Gasteiger partial charge in [0.1, 0.15) is 11.8 Å². The van der Waals surface area contributed by atoms with Crippen molar-refractivity contribution >= 4 is 28.3 Å². The van der Waals surface area contributed by atoms with Crippen LogP contribution in [0.1, 0.15) is 11.6 Å². The highest BCUT2D eigenvalue weighted by Crippen LogP contribution is 2.36. The maximum Gasteiger partial charge on any atom is 0.407 e. The lowest BCUT2D eigenvalue weighted by Gasteiger charge is -2.17. The summed E-state index contributed by atoms with van der Waals surface area (Å²) in [7, 11) is 0. The molecule has 0 saturated carbocycles. The van der Waals surface area contributed by atoms with Gasteiger partial charge in [0.25, 0.3) is 0 Å². The third kappa shape index (κ3) is 3.55. The van der Waals surface area contributed by atoms with Crippen molar-refractivity contribution in [2.45, 2.75) is 12.2 Å². The van der Waals surface area contributed by atoms with Crippen molar-refractivity contribution in [1.29, 1.82) is 0 Å². The van der Waals surface area contributed by atoms with E-state index in [0.29, 0.717) is 4.47 Å². The first-order valence-electron chi connectivity index (χ1n) is 3.63. The molecular weight excluding hydrogens is 298 g/mol. The normalized spacial score (nSPS) is 13.1. The van der Waals surface area contributed by atoms with Crippen molar-refractivity contribution in [1.82, 2.24) is 0 Å². The number of nitrogens with two attached hydrogens (primary N) is 1. The smallest absolute Gasteiger partial charge is 0.407 e. The Bertz CT molecular complexity index is 345. The van der Waals surface area contributed by atoms with E-state index in [1.807, 2.05) is 0 Å². The van der Waals surface area contributed by atoms with Gasteiger partial charge in [0.05, 0.1) is 0 Å². The average molecular weight is 307 g/mol. The number of hydrogen-bond donors (Lipinski definition) is 2. The topological polar surface area (TPSA) is 46.2 Å². The fraction of sp³-hybridized carbons (Fsp3) is 0.250. The van der Waals surface area contributed by atoms with Gasteiger partial charge in [-0.25, -0.2) is 0 Å². The molecule has 15 heavy (non-hydrogen) atoms. The van der Waals surface area contributed by atoms with Crippen molar-refractivity contribution in [3.63, 3.8) is 0 Å². The van der Waals surface area contributed by atoms with Gasteiger partial charge in [-0.1, -0.05) is 15.9 Å². The molecular formula is C8H8BrClF3NO. The van der Waals surface area contributed by atoms with Crippen LogP contribution in [0.15, 0.2) is 22.7 Å². The van der Waals surface area contributed by atoms with Crippen LogP contribution in [0.5, 0.6) is 5.75 Å². The molecule has 0 amide bonds. The van der Waals surface area contributed by atoms with Crippen LogP contribution in [-0.2, 0) is 0 Å². The van der Waals surface area contributed by atoms with Crippen molar-refractivity contribution in [2.75, 3.05) is 0 Å². The Hall–Kier alpha value is -0.460. The van der Waals surface area contributed by atoms with Crippen LogP contribution in [0.3, 0.4) is 0 Å². The first-order valence-corrected chi connectivity index (χ1v) is 4.42. The van der Waals surface area contributed by atoms with Gasteiger partial charge in [0, 0.05) is 10.0 Å². The second kappa shape index (κ2) is 5.05. The van der Waals surface area contributed by atoms with Crippen LogP contribution >= 0.6 is 28.3 Å². The van der Waals surface area contributed by atoms with Crippen molar-refractivity contribution in [3.8, 4) is 5.75 Å². The Morgan fingerprint density at radius 1 is 1.33 bits per heavy atom. The number of hydrogen-bond acceptors (Lipinski definition) is 2. The van der Waals surface area contributed by atoms with Gasteiger partial charge in [-0.2, -0.15) is 13.2 Å². The number of benzene rings is 1. The van der Waals surface area contributed by atoms with Gasteiger partial charge in [0.2, 0.25) is 0 Å². The van der Waals surface area contributed by atoms with Crippen LogP contribution in [-0.4, -0.2) is 11.3 Å². The SMILES string of the molecule is Cl.N[C@H](c1cc(Br)ccc1O)C(F)(F)F. The Morgan fingerprint density at radius 2 is 1.87 bits per heavy atom. The summed E-state index contributed by atoms with van der Waals surface area (Å²) in [5, 5.41) is 9.17. The first-order chi connectivity index (χ1) is 6.32. The average Bonchev–Trinajstić information content (AvgIpc) is 2.06. The molecule has 86 valence electrons. The third-order valence-corrected chi connectivity index (χ3v) is 2.17. The predicted octanol–water partition coefficient (Wildman–Crippen LogP) is 3.14. The summed E-state index contributed by atoms with van der Waals surface area (Å²) in [6, 6.07) is 1.57. The van der Waals surface area contributed by atoms with Gasteiger partial charge >= 0.3 is 6.18 Å². The lowest BCUT2D eigenvalue weighted by Crippen LogP contribution is -2.28. The minimum Gasteiger partial charge on any atom is -0.508 e. The standard InChI is InChI=1S/C8H7BrF3NO.ClH/c9-4-1-2-6(14)5(3-4)7(13)8(10,11)12;/h1-3,7,14H,13H2;1H/t7-;/m1./s1. The molecule has 1 rings (SSSR count). The third-order valence-electron chi connectivity index (χ3n) is 1.68. The van der Waals surface area contributed by atoms with E-state index in [2.05, 4.69) is 15.9 Å². The van der Waals surface area contributed by atoms with Crippen LogP contribution < -0.4 is 5.73 Å². The summed E-state index contributed by atoms with van der Waals surface area (Å²) < 4.78 is 37.0. The second-order valence-corrected chi connectivity index (χ2v) is 3.64. The molecule has 0 fully saturated rings. The minimum atomic E-state index is -4.56. The van der Waals surface area contributed by atoms with Crippen molar-refractivity contribution in [3.05, 3.63) is 28.2 Å². The molecule has 0 heterocycles. The number of phenols is 1. The number of aromatic hydroxyl groups is 1. The molecule has 1 aromatic rings. The molecule has 1 atom stereocenters. The summed E-state index contributed by atoms with van der Waals surface area (Å²) in [5.41, 5.74) is 4.60. The summed E-state index contributed by atoms with van der Waals surface area (Å²) in [6.07, 6.45) is -4.56. The van der Waals surface area contributed by atoms with Crippen LogP contribution in [0, 0.1) is 0 Å². The lowest BCUT2D eigenvalue weighted by molar-refractivity contribution is -0.149. The molecule has 3 N–H and O–H groups in total. The zero-order chi connectivity index (χ0) is 10.9. The van der Waals surface area contributed by atoms with Gasteiger partial charge in [-0.15, -0.1) is 12.4 Å². The zero-order valence-corrected chi connectivity index (χ0v) is 9.66. The van der Waals surface area contributed by atoms with E-state index >= 15 is 0 Å². The van der Waals surface area contributed by atoms with Crippen LogP contribution in [0.4, 0.5) is 13.2 Å². The molecule has 0 saturated heterocycles. The maximum absolute atomic E-state index is 12.2. The quantitative estimate of drug-likeness (QED) is 0.837. The van der Waals surface area contributed by atoms with E-state index in [1.54, 1.807) is 0 Å². The number of rotatable bonds is 1. The van der Waals surface area contributed by atoms with Crippen molar-refractivity contribution in [2.24, 2.45) is 5.73 Å². The monoisotopic (exact) mass is 305 g/mol.